The van der Waals surface area contributed by atoms with Crippen LogP contribution in [0.25, 0.3) is 0 Å². The van der Waals surface area contributed by atoms with Gasteiger partial charge in [0.05, 0.1) is 0 Å². The number of aromatic amines is 1. The van der Waals surface area contributed by atoms with E-state index in [9.17, 15) is 0 Å². The van der Waals surface area contributed by atoms with Gasteiger partial charge in [0.15, 0.2) is 0 Å². The van der Waals surface area contributed by atoms with E-state index in [1.807, 2.05) is 6.07 Å². The molecular formula is C15H28N4S. The van der Waals surface area contributed by atoms with E-state index >= 15 is 0 Å². The molecule has 0 unspecified atom stereocenters. The highest BCUT2D eigenvalue weighted by atomic mass is 32.1. The molecule has 1 rings (SSSR count). The molecule has 1 aromatic heterocycles. The van der Waals surface area contributed by atoms with Crippen molar-refractivity contribution in [3.05, 3.63) is 16.5 Å². The maximum absolute atomic E-state index is 5.22. The van der Waals surface area contributed by atoms with Gasteiger partial charge in [0.2, 0.25) is 0 Å². The van der Waals surface area contributed by atoms with Crippen molar-refractivity contribution in [2.45, 2.75) is 40.5 Å². The average molecular weight is 296 g/mol. The summed E-state index contributed by atoms with van der Waals surface area (Å²) in [5, 5.41) is 3.41. The highest BCUT2D eigenvalue weighted by Crippen LogP contribution is 2.08. The molecule has 0 aromatic carbocycles. The van der Waals surface area contributed by atoms with Gasteiger partial charge < -0.3 is 15.2 Å². The van der Waals surface area contributed by atoms with Crippen LogP contribution in [0.3, 0.4) is 0 Å². The first-order valence-corrected chi connectivity index (χ1v) is 8.02. The molecule has 0 spiro atoms. The smallest absolute Gasteiger partial charge is 0.131 e. The molecule has 5 heteroatoms. The fraction of sp³-hybridized carbons (Fsp3) is 0.733. The van der Waals surface area contributed by atoms with Gasteiger partial charge in [0, 0.05) is 19.0 Å². The molecule has 0 amide bonds. The Morgan fingerprint density at radius 1 is 1.35 bits per heavy atom. The highest BCUT2D eigenvalue weighted by Gasteiger charge is 2.03. The van der Waals surface area contributed by atoms with Crippen LogP contribution in [0.2, 0.25) is 0 Å². The van der Waals surface area contributed by atoms with Crippen LogP contribution in [-0.4, -0.2) is 41.0 Å². The van der Waals surface area contributed by atoms with E-state index in [0.717, 1.165) is 50.7 Å². The molecule has 2 N–H and O–H groups in total. The number of H-pyrrole nitrogens is 1. The molecule has 0 atom stereocenters. The van der Waals surface area contributed by atoms with Gasteiger partial charge in [-0.05, 0) is 32.0 Å². The molecule has 0 saturated heterocycles. The number of nitrogens with one attached hydrogen (secondary N) is 2. The summed E-state index contributed by atoms with van der Waals surface area (Å²) in [6.45, 7) is 13.1. The maximum atomic E-state index is 5.22. The van der Waals surface area contributed by atoms with Crippen LogP contribution in [0, 0.1) is 10.6 Å². The zero-order chi connectivity index (χ0) is 15.0. The van der Waals surface area contributed by atoms with Gasteiger partial charge >= 0.3 is 0 Å². The number of hydrogen-bond acceptors (Lipinski definition) is 4. The predicted octanol–water partition coefficient (Wildman–Crippen LogP) is 3.48. The third kappa shape index (κ3) is 6.48. The first kappa shape index (κ1) is 17.1. The summed E-state index contributed by atoms with van der Waals surface area (Å²) in [4.78, 5) is 10.1. The summed E-state index contributed by atoms with van der Waals surface area (Å²) in [7, 11) is 0. The largest absolute Gasteiger partial charge is 0.371 e. The zero-order valence-electron chi connectivity index (χ0n) is 13.2. The van der Waals surface area contributed by atoms with Gasteiger partial charge in [-0.25, -0.2) is 4.98 Å². The van der Waals surface area contributed by atoms with E-state index in [1.54, 1.807) is 0 Å². The number of hydrogen-bond donors (Lipinski definition) is 2. The lowest BCUT2D eigenvalue weighted by molar-refractivity contribution is 0.303. The van der Waals surface area contributed by atoms with Crippen LogP contribution in [-0.2, 0) is 6.42 Å². The van der Waals surface area contributed by atoms with E-state index in [0.29, 0.717) is 10.6 Å². The summed E-state index contributed by atoms with van der Waals surface area (Å²) in [6.07, 6.45) is 2.06. The molecule has 4 nitrogen and oxygen atoms in total. The van der Waals surface area contributed by atoms with Crippen LogP contribution in [0.1, 0.15) is 39.9 Å². The normalized spacial score (nSPS) is 11.3. The van der Waals surface area contributed by atoms with Gasteiger partial charge in [0.1, 0.15) is 16.3 Å². The van der Waals surface area contributed by atoms with E-state index in [2.05, 4.69) is 47.9 Å². The molecule has 0 bridgehead atoms. The Morgan fingerprint density at radius 2 is 2.05 bits per heavy atom. The predicted molar refractivity (Wildman–Crippen MR) is 88.9 cm³/mol. The molecule has 1 aromatic rings. The lowest BCUT2D eigenvalue weighted by atomic mass is 10.1. The molecular weight excluding hydrogens is 268 g/mol. The SMILES string of the molecule is CCN(CC)CCCNc1cc(=S)nc(CC(C)C)[nH]1. The summed E-state index contributed by atoms with van der Waals surface area (Å²) >= 11 is 5.22. The zero-order valence-corrected chi connectivity index (χ0v) is 14.0. The molecule has 0 aliphatic carbocycles. The maximum Gasteiger partial charge on any atom is 0.131 e. The Labute approximate surface area is 128 Å². The molecule has 0 saturated carbocycles. The van der Waals surface area contributed by atoms with Gasteiger partial charge in [-0.3, -0.25) is 0 Å². The Morgan fingerprint density at radius 3 is 2.65 bits per heavy atom. The molecule has 0 fully saturated rings. The highest BCUT2D eigenvalue weighted by molar-refractivity contribution is 7.71. The molecule has 1 heterocycles. The van der Waals surface area contributed by atoms with Gasteiger partial charge in [-0.2, -0.15) is 0 Å². The fourth-order valence-electron chi connectivity index (χ4n) is 2.15. The lowest BCUT2D eigenvalue weighted by Gasteiger charge is -2.18. The summed E-state index contributed by atoms with van der Waals surface area (Å²) in [5.41, 5.74) is 0. The van der Waals surface area contributed by atoms with Crippen molar-refractivity contribution in [3.8, 4) is 0 Å². The van der Waals surface area contributed by atoms with Crippen molar-refractivity contribution >= 4 is 18.0 Å². The Bertz CT molecular complexity index is 438. The van der Waals surface area contributed by atoms with Gasteiger partial charge in [-0.15, -0.1) is 0 Å². The summed E-state index contributed by atoms with van der Waals surface area (Å²) in [5.74, 6) is 2.53. The summed E-state index contributed by atoms with van der Waals surface area (Å²) < 4.78 is 0.658. The van der Waals surface area contributed by atoms with E-state index in [-0.39, 0.29) is 0 Å². The van der Waals surface area contributed by atoms with E-state index in [4.69, 9.17) is 12.2 Å². The van der Waals surface area contributed by atoms with Crippen LogP contribution < -0.4 is 5.32 Å². The van der Waals surface area contributed by atoms with E-state index < -0.39 is 0 Å². The van der Waals surface area contributed by atoms with Gasteiger partial charge in [-0.1, -0.05) is 39.9 Å². The Hall–Kier alpha value is -0.940. The molecule has 0 aliphatic rings. The average Bonchev–Trinajstić information content (AvgIpc) is 2.37. The third-order valence-electron chi connectivity index (χ3n) is 3.25. The molecule has 20 heavy (non-hydrogen) atoms. The minimum absolute atomic E-state index is 0.575. The topological polar surface area (TPSA) is 44.0 Å². The van der Waals surface area contributed by atoms with Gasteiger partial charge in [0.25, 0.3) is 0 Å². The Kier molecular flexibility index (Phi) is 7.77. The Balaban J connectivity index is 2.47. The van der Waals surface area contributed by atoms with Crippen LogP contribution in [0.15, 0.2) is 6.07 Å². The van der Waals surface area contributed by atoms with Crippen molar-refractivity contribution in [1.29, 1.82) is 0 Å². The first-order valence-electron chi connectivity index (χ1n) is 7.61. The number of anilines is 1. The van der Waals surface area contributed by atoms with Crippen molar-refractivity contribution in [1.82, 2.24) is 14.9 Å². The second kappa shape index (κ2) is 9.08. The molecule has 114 valence electrons. The number of rotatable bonds is 9. The molecule has 0 radical (unpaired) electrons. The van der Waals surface area contributed by atoms with Crippen LogP contribution in [0.4, 0.5) is 5.82 Å². The third-order valence-corrected chi connectivity index (χ3v) is 3.46. The minimum atomic E-state index is 0.575. The first-order chi connectivity index (χ1) is 9.55. The van der Waals surface area contributed by atoms with E-state index in [1.165, 1.54) is 0 Å². The quantitative estimate of drug-likeness (QED) is 0.541. The van der Waals surface area contributed by atoms with Crippen LogP contribution >= 0.6 is 12.2 Å². The van der Waals surface area contributed by atoms with Crippen LogP contribution in [0.5, 0.6) is 0 Å². The lowest BCUT2D eigenvalue weighted by Crippen LogP contribution is -2.25. The number of nitrogens with zero attached hydrogens (tertiary/aromatic N) is 2. The summed E-state index contributed by atoms with van der Waals surface area (Å²) in [6, 6.07) is 1.90. The van der Waals surface area contributed by atoms with Crippen molar-refractivity contribution < 1.29 is 0 Å². The number of aromatic nitrogens is 2. The fourth-order valence-corrected chi connectivity index (χ4v) is 2.38. The monoisotopic (exact) mass is 296 g/mol. The van der Waals surface area contributed by atoms with Crippen molar-refractivity contribution in [2.24, 2.45) is 5.92 Å². The van der Waals surface area contributed by atoms with Crippen molar-refractivity contribution in [3.63, 3.8) is 0 Å². The second-order valence-corrected chi connectivity index (χ2v) is 5.90. The molecule has 0 aliphatic heterocycles. The standard InChI is InChI=1S/C15H28N4S/c1-5-19(6-2)9-7-8-16-13-11-15(20)18-14(17-13)10-12(3)4/h11-12H,5-10H2,1-4H3,(H2,16,17,18,20). The minimum Gasteiger partial charge on any atom is -0.371 e. The van der Waals surface area contributed by atoms with Crippen molar-refractivity contribution in [2.75, 3.05) is 31.5 Å². The second-order valence-electron chi connectivity index (χ2n) is 5.48.